The number of allylic oxidation sites excluding steroid dienone is 2. The lowest BCUT2D eigenvalue weighted by Crippen LogP contribution is -2.24. The highest BCUT2D eigenvalue weighted by molar-refractivity contribution is 6.43. The zero-order valence-electron chi connectivity index (χ0n) is 7.61. The molecule has 12 heavy (non-hydrogen) atoms. The molecule has 0 aliphatic heterocycles. The number of ketones is 1. The van der Waals surface area contributed by atoms with Crippen molar-refractivity contribution < 1.29 is 9.53 Å². The molecule has 0 bridgehead atoms. The highest BCUT2D eigenvalue weighted by Gasteiger charge is 2.32. The topological polar surface area (TPSA) is 26.3 Å². The molecule has 1 aliphatic rings. The van der Waals surface area contributed by atoms with Gasteiger partial charge in [-0.15, -0.1) is 0 Å². The summed E-state index contributed by atoms with van der Waals surface area (Å²) in [7, 11) is 1.55. The average molecular weight is 189 g/mol. The Kier molecular flexibility index (Phi) is 2.47. The van der Waals surface area contributed by atoms with Gasteiger partial charge in [0.15, 0.2) is 5.78 Å². The van der Waals surface area contributed by atoms with Crippen molar-refractivity contribution in [2.75, 3.05) is 7.11 Å². The molecule has 0 N–H and O–H groups in total. The van der Waals surface area contributed by atoms with Gasteiger partial charge in [-0.3, -0.25) is 4.79 Å². The molecule has 0 amide bonds. The van der Waals surface area contributed by atoms with Gasteiger partial charge < -0.3 is 4.74 Å². The zero-order valence-corrected chi connectivity index (χ0v) is 8.36. The highest BCUT2D eigenvalue weighted by Crippen LogP contribution is 2.37. The van der Waals surface area contributed by atoms with Gasteiger partial charge in [0.05, 0.1) is 7.11 Å². The summed E-state index contributed by atoms with van der Waals surface area (Å²) in [5, 5.41) is 0.275. The number of ether oxygens (including phenoxy) is 1. The number of carbonyl (C=O) groups is 1. The third-order valence-corrected chi connectivity index (χ3v) is 2.44. The number of halogens is 1. The molecule has 1 rings (SSSR count). The van der Waals surface area contributed by atoms with Gasteiger partial charge in [-0.1, -0.05) is 25.4 Å². The number of hydrogen-bond acceptors (Lipinski definition) is 2. The van der Waals surface area contributed by atoms with Gasteiger partial charge in [0.2, 0.25) is 0 Å². The highest BCUT2D eigenvalue weighted by atomic mass is 35.5. The molecule has 68 valence electrons. The lowest BCUT2D eigenvalue weighted by atomic mass is 9.79. The Morgan fingerprint density at radius 3 is 2.50 bits per heavy atom. The summed E-state index contributed by atoms with van der Waals surface area (Å²) in [5.74, 6) is 0.614. The maximum absolute atomic E-state index is 11.3. The molecular formula is C9H13ClO2. The van der Waals surface area contributed by atoms with Gasteiger partial charge in [0, 0.05) is 12.8 Å². The van der Waals surface area contributed by atoms with Crippen LogP contribution in [0.5, 0.6) is 0 Å². The van der Waals surface area contributed by atoms with E-state index in [0.717, 1.165) is 6.42 Å². The number of carbonyl (C=O) groups excluding carboxylic acids is 1. The van der Waals surface area contributed by atoms with Crippen molar-refractivity contribution in [3.63, 3.8) is 0 Å². The Bertz CT molecular complexity index is 241. The van der Waals surface area contributed by atoms with Crippen LogP contribution >= 0.6 is 11.6 Å². The first-order valence-electron chi connectivity index (χ1n) is 3.92. The summed E-state index contributed by atoms with van der Waals surface area (Å²) in [6, 6.07) is 0. The van der Waals surface area contributed by atoms with Crippen molar-refractivity contribution in [1.82, 2.24) is 0 Å². The minimum absolute atomic E-state index is 0.00948. The van der Waals surface area contributed by atoms with Gasteiger partial charge in [0.1, 0.15) is 10.8 Å². The van der Waals surface area contributed by atoms with E-state index in [1.807, 2.05) is 13.8 Å². The SMILES string of the molecule is COC1=C(Cl)C(=O)CC(C)(C)C1. The Hall–Kier alpha value is -0.500. The monoisotopic (exact) mass is 188 g/mol. The summed E-state index contributed by atoms with van der Waals surface area (Å²) >= 11 is 5.77. The number of methoxy groups -OCH3 is 1. The first-order valence-corrected chi connectivity index (χ1v) is 4.30. The van der Waals surface area contributed by atoms with E-state index in [2.05, 4.69) is 0 Å². The largest absolute Gasteiger partial charge is 0.499 e. The third kappa shape index (κ3) is 1.81. The third-order valence-electron chi connectivity index (χ3n) is 2.01. The van der Waals surface area contributed by atoms with Crippen molar-refractivity contribution in [2.24, 2.45) is 5.41 Å². The van der Waals surface area contributed by atoms with Gasteiger partial charge in [0.25, 0.3) is 0 Å². The van der Waals surface area contributed by atoms with Crippen LogP contribution < -0.4 is 0 Å². The molecule has 0 aromatic carbocycles. The quantitative estimate of drug-likeness (QED) is 0.632. The Labute approximate surface area is 77.5 Å². The molecule has 0 fully saturated rings. The van der Waals surface area contributed by atoms with Crippen LogP contribution in [-0.4, -0.2) is 12.9 Å². The average Bonchev–Trinajstić information content (AvgIpc) is 1.96. The van der Waals surface area contributed by atoms with Crippen molar-refractivity contribution in [3.05, 3.63) is 10.8 Å². The molecule has 0 heterocycles. The molecule has 0 aromatic heterocycles. The fourth-order valence-corrected chi connectivity index (χ4v) is 1.62. The summed E-state index contributed by atoms with van der Waals surface area (Å²) in [6.45, 7) is 4.07. The van der Waals surface area contributed by atoms with Gasteiger partial charge in [-0.05, 0) is 5.41 Å². The predicted molar refractivity (Wildman–Crippen MR) is 47.9 cm³/mol. The second kappa shape index (κ2) is 3.09. The van der Waals surface area contributed by atoms with Crippen LogP contribution in [0.2, 0.25) is 0 Å². The van der Waals surface area contributed by atoms with E-state index in [0.29, 0.717) is 12.2 Å². The minimum atomic E-state index is -0.0131. The molecule has 0 saturated heterocycles. The van der Waals surface area contributed by atoms with Crippen molar-refractivity contribution in [1.29, 1.82) is 0 Å². The van der Waals surface area contributed by atoms with Crippen LogP contribution in [0.1, 0.15) is 26.7 Å². The van der Waals surface area contributed by atoms with E-state index in [1.165, 1.54) is 0 Å². The normalized spacial score (nSPS) is 22.8. The smallest absolute Gasteiger partial charge is 0.178 e. The molecule has 2 nitrogen and oxygen atoms in total. The fourth-order valence-electron chi connectivity index (χ4n) is 1.40. The molecule has 1 aliphatic carbocycles. The van der Waals surface area contributed by atoms with E-state index in [1.54, 1.807) is 7.11 Å². The lowest BCUT2D eigenvalue weighted by Gasteiger charge is -2.29. The van der Waals surface area contributed by atoms with Crippen molar-refractivity contribution in [3.8, 4) is 0 Å². The van der Waals surface area contributed by atoms with Gasteiger partial charge in [-0.25, -0.2) is 0 Å². The van der Waals surface area contributed by atoms with Crippen LogP contribution in [-0.2, 0) is 9.53 Å². The molecule has 0 spiro atoms. The molecule has 0 aromatic rings. The Morgan fingerprint density at radius 2 is 2.00 bits per heavy atom. The Balaban J connectivity index is 2.95. The van der Waals surface area contributed by atoms with Crippen LogP contribution in [0.4, 0.5) is 0 Å². The fraction of sp³-hybridized carbons (Fsp3) is 0.667. The zero-order chi connectivity index (χ0) is 9.35. The van der Waals surface area contributed by atoms with E-state index < -0.39 is 0 Å². The first-order chi connectivity index (χ1) is 5.46. The maximum atomic E-state index is 11.3. The summed E-state index contributed by atoms with van der Waals surface area (Å²) in [5.41, 5.74) is -0.0131. The molecule has 0 saturated carbocycles. The molecular weight excluding hydrogens is 176 g/mol. The van der Waals surface area contributed by atoms with Crippen LogP contribution in [0.15, 0.2) is 10.8 Å². The van der Waals surface area contributed by atoms with Crippen molar-refractivity contribution >= 4 is 17.4 Å². The summed E-state index contributed by atoms with van der Waals surface area (Å²) < 4.78 is 5.04. The van der Waals surface area contributed by atoms with E-state index in [-0.39, 0.29) is 16.2 Å². The van der Waals surface area contributed by atoms with Gasteiger partial charge in [-0.2, -0.15) is 0 Å². The standard InChI is InChI=1S/C9H13ClO2/c1-9(2)4-6(11)8(10)7(5-9)12-3/h4-5H2,1-3H3. The second-order valence-electron chi connectivity index (χ2n) is 3.88. The predicted octanol–water partition coefficient (Wildman–Crippen LogP) is 2.47. The van der Waals surface area contributed by atoms with Crippen LogP contribution in [0.3, 0.4) is 0 Å². The minimum Gasteiger partial charge on any atom is -0.499 e. The second-order valence-corrected chi connectivity index (χ2v) is 4.26. The van der Waals surface area contributed by atoms with Crippen LogP contribution in [0.25, 0.3) is 0 Å². The van der Waals surface area contributed by atoms with E-state index in [4.69, 9.17) is 16.3 Å². The van der Waals surface area contributed by atoms with Crippen molar-refractivity contribution in [2.45, 2.75) is 26.7 Å². The molecule has 0 unspecified atom stereocenters. The van der Waals surface area contributed by atoms with E-state index in [9.17, 15) is 4.79 Å². The Morgan fingerprint density at radius 1 is 1.42 bits per heavy atom. The maximum Gasteiger partial charge on any atom is 0.178 e. The lowest BCUT2D eigenvalue weighted by molar-refractivity contribution is -0.117. The molecule has 3 heteroatoms. The number of rotatable bonds is 1. The summed E-state index contributed by atoms with van der Waals surface area (Å²) in [6.07, 6.45) is 1.26. The first kappa shape index (κ1) is 9.59. The van der Waals surface area contributed by atoms with Gasteiger partial charge >= 0.3 is 0 Å². The van der Waals surface area contributed by atoms with Crippen LogP contribution in [0, 0.1) is 5.41 Å². The summed E-state index contributed by atoms with van der Waals surface area (Å²) in [4.78, 5) is 11.3. The molecule has 0 atom stereocenters. The number of Topliss-reactive ketones (excluding diaryl/α,β-unsaturated/α-hetero) is 1. The van der Waals surface area contributed by atoms with E-state index >= 15 is 0 Å². The number of hydrogen-bond donors (Lipinski definition) is 0. The molecule has 0 radical (unpaired) electrons.